The van der Waals surface area contributed by atoms with E-state index in [1.54, 1.807) is 19.1 Å². The smallest absolute Gasteiger partial charge is 0.324 e. The van der Waals surface area contributed by atoms with Crippen LogP contribution in [-0.4, -0.2) is 137 Å². The van der Waals surface area contributed by atoms with Crippen LogP contribution in [0.2, 0.25) is 0 Å². The number of hydrazine groups is 1. The van der Waals surface area contributed by atoms with Crippen molar-refractivity contribution >= 4 is 40.5 Å². The summed E-state index contributed by atoms with van der Waals surface area (Å²) in [5.41, 5.74) is 9.18. The summed E-state index contributed by atoms with van der Waals surface area (Å²) in [7, 11) is 3.33. The number of nitrogens with one attached hydrogen (secondary N) is 2. The fourth-order valence-electron chi connectivity index (χ4n) is 10.6. The summed E-state index contributed by atoms with van der Waals surface area (Å²) >= 11 is 0. The van der Waals surface area contributed by atoms with Crippen molar-refractivity contribution in [3.05, 3.63) is 66.0 Å². The van der Waals surface area contributed by atoms with Crippen LogP contribution >= 0.6 is 0 Å². The van der Waals surface area contributed by atoms with E-state index >= 15 is 0 Å². The van der Waals surface area contributed by atoms with Crippen LogP contribution in [-0.2, 0) is 46.4 Å². The molecule has 0 aliphatic carbocycles. The molecule has 4 aliphatic rings. The van der Waals surface area contributed by atoms with Crippen molar-refractivity contribution in [3.8, 4) is 11.3 Å². The monoisotopic (exact) mass is 895 g/mol. The highest BCUT2D eigenvalue weighted by atomic mass is 16.5. The van der Waals surface area contributed by atoms with Gasteiger partial charge in [-0.1, -0.05) is 40.3 Å². The highest BCUT2D eigenvalue weighted by molar-refractivity contribution is 5.95. The molecule has 7 rings (SSSR count). The Kier molecular flexibility index (Phi) is 14.8. The molecule has 7 atom stereocenters. The van der Waals surface area contributed by atoms with Crippen LogP contribution in [0.15, 0.2) is 49.2 Å². The van der Waals surface area contributed by atoms with E-state index in [0.717, 1.165) is 53.8 Å². The average molecular weight is 895 g/mol. The molecule has 3 aromatic rings. The van der Waals surface area contributed by atoms with Crippen LogP contribution in [0.4, 0.5) is 0 Å². The number of rotatable bonds is 10. The first kappa shape index (κ1) is 47.8. The van der Waals surface area contributed by atoms with Gasteiger partial charge in [0.15, 0.2) is 0 Å². The number of carbonyl (C=O) groups is 5. The molecule has 6 heterocycles. The Balaban J connectivity index is 1.24. The molecule has 2 aromatic heterocycles. The Morgan fingerprint density at radius 2 is 1.83 bits per heavy atom. The Labute approximate surface area is 384 Å². The molecule has 0 radical (unpaired) electrons. The molecule has 352 valence electrons. The van der Waals surface area contributed by atoms with E-state index in [2.05, 4.69) is 71.8 Å². The lowest BCUT2D eigenvalue weighted by molar-refractivity contribution is -0.155. The molecular formula is C50H70N8O7. The van der Waals surface area contributed by atoms with Crippen molar-refractivity contribution in [1.29, 1.82) is 0 Å². The predicted molar refractivity (Wildman–Crippen MR) is 249 cm³/mol. The molecule has 0 spiro atoms. The maximum atomic E-state index is 14.7. The fraction of sp³-hybridized carbons (Fsp3) is 0.600. The number of pyridine rings is 1. The summed E-state index contributed by atoms with van der Waals surface area (Å²) in [6.07, 6.45) is 6.88. The zero-order chi connectivity index (χ0) is 46.7. The normalized spacial score (nSPS) is 24.8. The van der Waals surface area contributed by atoms with Crippen LogP contribution in [0, 0.1) is 17.3 Å². The molecule has 3 saturated heterocycles. The van der Waals surface area contributed by atoms with Gasteiger partial charge >= 0.3 is 5.97 Å². The maximum absolute atomic E-state index is 14.7. The van der Waals surface area contributed by atoms with Crippen LogP contribution in [0.5, 0.6) is 0 Å². The van der Waals surface area contributed by atoms with E-state index in [9.17, 15) is 24.0 Å². The highest BCUT2D eigenvalue weighted by Gasteiger charge is 2.41. The first-order valence-electron chi connectivity index (χ1n) is 23.6. The molecule has 1 aromatic carbocycles. The summed E-state index contributed by atoms with van der Waals surface area (Å²) in [6, 6.07) is 8.32. The first-order chi connectivity index (χ1) is 31.0. The van der Waals surface area contributed by atoms with Gasteiger partial charge in [-0.3, -0.25) is 34.0 Å². The minimum Gasteiger partial charge on any atom is -0.464 e. The number of aryl methyl sites for hydroxylation is 1. The minimum absolute atomic E-state index is 0.160. The molecule has 65 heavy (non-hydrogen) atoms. The number of hydrogen-bond acceptors (Lipinski definition) is 10. The van der Waals surface area contributed by atoms with Gasteiger partial charge in [0.1, 0.15) is 18.1 Å². The standard InChI is InChI=1S/C50H70N8O7/c1-10-42(59)56-24-20-35(28-56)47(61)54(8)44(31(3)4)46(60)52-40-29-55-22-13-15-34(27-55)33-18-19-41-37(25-33)38(45(57(41)11-2)36-16-12-21-51-43(36)32(5)64-9)26-50(6,7)30-65-49(63)39-17-14-23-58(53-39)48(40)62/h10,12,16,18-19,21,25,31-32,34-35,39-40,44,53H,1,11,13-15,17,20,22-24,26-30H2,2-9H3,(H,52,60)/t32-,34+,35-,39-,40-,44?/m0/s1. The molecule has 0 saturated carbocycles. The number of nitrogens with zero attached hydrogens (tertiary/aromatic N) is 6. The SMILES string of the molecule is C=CC(=O)N1CC[C@H](C(=O)N(C)C(C(=O)N[C@H]2CN3CCC[C@H](C3)c3ccc4c(c3)c(c(-c3cccnc3[C@H](C)OC)n4CC)CC(C)(C)COC(=O)[C@@H]3CCCN(N3)C2=O)C(C)C)C1. The van der Waals surface area contributed by atoms with Crippen LogP contribution in [0.25, 0.3) is 22.2 Å². The van der Waals surface area contributed by atoms with E-state index in [1.165, 1.54) is 27.1 Å². The Bertz CT molecular complexity index is 2270. The average Bonchev–Trinajstić information content (AvgIpc) is 3.92. The number of fused-ring (bicyclic) bond motifs is 6. The van der Waals surface area contributed by atoms with E-state index in [1.807, 2.05) is 33.0 Å². The number of hydrogen-bond donors (Lipinski definition) is 2. The van der Waals surface area contributed by atoms with Gasteiger partial charge in [0.25, 0.3) is 5.91 Å². The molecule has 15 nitrogen and oxygen atoms in total. The van der Waals surface area contributed by atoms with Crippen LogP contribution < -0.4 is 10.7 Å². The lowest BCUT2D eigenvalue weighted by Gasteiger charge is -2.39. The minimum atomic E-state index is -0.975. The van der Waals surface area contributed by atoms with Crippen molar-refractivity contribution in [2.45, 2.75) is 117 Å². The highest BCUT2D eigenvalue weighted by Crippen LogP contribution is 2.42. The largest absolute Gasteiger partial charge is 0.464 e. The second kappa shape index (κ2) is 20.2. The Morgan fingerprint density at radius 3 is 2.55 bits per heavy atom. The molecule has 2 N–H and O–H groups in total. The number of esters is 1. The van der Waals surface area contributed by atoms with Gasteiger partial charge in [-0.15, -0.1) is 0 Å². The number of aromatic nitrogens is 2. The van der Waals surface area contributed by atoms with Crippen molar-refractivity contribution in [1.82, 2.24) is 40.0 Å². The second-order valence-corrected chi connectivity index (χ2v) is 19.7. The third-order valence-corrected chi connectivity index (χ3v) is 14.1. The van der Waals surface area contributed by atoms with Gasteiger partial charge in [-0.2, -0.15) is 0 Å². The van der Waals surface area contributed by atoms with Gasteiger partial charge in [0.2, 0.25) is 17.7 Å². The van der Waals surface area contributed by atoms with Gasteiger partial charge in [-0.05, 0) is 112 Å². The number of benzene rings is 1. The number of amides is 4. The quantitative estimate of drug-likeness (QED) is 0.204. The van der Waals surface area contributed by atoms with E-state index in [4.69, 9.17) is 14.5 Å². The van der Waals surface area contributed by atoms with Crippen LogP contribution in [0.3, 0.4) is 0 Å². The molecule has 2 unspecified atom stereocenters. The summed E-state index contributed by atoms with van der Waals surface area (Å²) < 4.78 is 14.3. The summed E-state index contributed by atoms with van der Waals surface area (Å²) in [4.78, 5) is 79.6. The van der Waals surface area contributed by atoms with Gasteiger partial charge in [0, 0.05) is 81.5 Å². The van der Waals surface area contributed by atoms with Crippen molar-refractivity contribution < 1.29 is 33.4 Å². The Hall–Kier alpha value is -5.12. The number of cyclic esters (lactones) is 1. The maximum Gasteiger partial charge on any atom is 0.324 e. The molecule has 4 aliphatic heterocycles. The predicted octanol–water partition coefficient (Wildman–Crippen LogP) is 5.23. The third kappa shape index (κ3) is 10.2. The van der Waals surface area contributed by atoms with E-state index < -0.39 is 41.3 Å². The summed E-state index contributed by atoms with van der Waals surface area (Å²) in [6.45, 7) is 19.4. The molecular weight excluding hydrogens is 825 g/mol. The van der Waals surface area contributed by atoms with Crippen LogP contribution in [0.1, 0.15) is 102 Å². The lowest BCUT2D eigenvalue weighted by atomic mass is 9.83. The van der Waals surface area contributed by atoms with Crippen molar-refractivity contribution in [2.75, 3.05) is 60.0 Å². The second-order valence-electron chi connectivity index (χ2n) is 19.7. The number of likely N-dealkylation sites (tertiary alicyclic amines) is 1. The molecule has 4 amide bonds. The lowest BCUT2D eigenvalue weighted by Crippen LogP contribution is -2.64. The summed E-state index contributed by atoms with van der Waals surface area (Å²) in [5.74, 6) is -2.21. The van der Waals surface area contributed by atoms with Gasteiger partial charge < -0.3 is 34.1 Å². The first-order valence-corrected chi connectivity index (χ1v) is 23.6. The molecule has 15 heteroatoms. The summed E-state index contributed by atoms with van der Waals surface area (Å²) in [5, 5.41) is 5.74. The third-order valence-electron chi connectivity index (χ3n) is 14.1. The zero-order valence-electron chi connectivity index (χ0n) is 39.7. The molecule has 6 bridgehead atoms. The fourth-order valence-corrected chi connectivity index (χ4v) is 10.6. The number of piperidine rings is 1. The van der Waals surface area contributed by atoms with E-state index in [0.29, 0.717) is 45.3 Å². The zero-order valence-corrected chi connectivity index (χ0v) is 39.7. The Morgan fingerprint density at radius 1 is 1.06 bits per heavy atom. The van der Waals surface area contributed by atoms with E-state index in [-0.39, 0.29) is 55.4 Å². The number of methoxy groups -OCH3 is 1. The topological polar surface area (TPSA) is 159 Å². The van der Waals surface area contributed by atoms with Gasteiger partial charge in [0.05, 0.1) is 30.0 Å². The number of ether oxygens (including phenoxy) is 2. The molecule has 3 fully saturated rings. The van der Waals surface area contributed by atoms with Crippen molar-refractivity contribution in [3.63, 3.8) is 0 Å². The number of likely N-dealkylation sites (N-methyl/N-ethyl adjacent to an activating group) is 1. The van der Waals surface area contributed by atoms with Gasteiger partial charge in [-0.25, -0.2) is 5.43 Å². The number of carbonyl (C=O) groups excluding carboxylic acids is 5. The van der Waals surface area contributed by atoms with Crippen molar-refractivity contribution in [2.24, 2.45) is 17.3 Å².